The number of amides is 1. The first kappa shape index (κ1) is 28.6. The number of hydrogen-bond donors (Lipinski definition) is 1. The molecule has 7 rings (SSSR count). The Balaban J connectivity index is 1.52. The maximum Gasteiger partial charge on any atom is 0.226 e. The molecule has 4 aromatic rings. The number of rotatable bonds is 6. The van der Waals surface area contributed by atoms with Crippen molar-refractivity contribution in [3.63, 3.8) is 0 Å². The number of aryl methyl sites for hydroxylation is 2. The molecule has 2 aromatic carbocycles. The number of hydrogen-bond acceptors (Lipinski definition) is 4. The third-order valence-corrected chi connectivity index (χ3v) is 10.3. The van der Waals surface area contributed by atoms with Gasteiger partial charge in [0.25, 0.3) is 0 Å². The lowest BCUT2D eigenvalue weighted by atomic mass is 9.93. The van der Waals surface area contributed by atoms with Crippen molar-refractivity contribution in [3.05, 3.63) is 63.1 Å². The number of pyridine rings is 1. The molecule has 3 fully saturated rings. The van der Waals surface area contributed by atoms with Crippen LogP contribution in [0.3, 0.4) is 0 Å². The van der Waals surface area contributed by atoms with E-state index in [9.17, 15) is 10.1 Å². The monoisotopic (exact) mass is 617 g/mol. The summed E-state index contributed by atoms with van der Waals surface area (Å²) in [4.78, 5) is 20.4. The number of nitriles is 1. The maximum absolute atomic E-state index is 16.9. The summed E-state index contributed by atoms with van der Waals surface area (Å²) in [6.45, 7) is 6.62. The largest absolute Gasteiger partial charge is 0.338 e. The van der Waals surface area contributed by atoms with Crippen molar-refractivity contribution < 1.29 is 9.18 Å². The molecule has 1 N–H and O–H groups in total. The zero-order valence-electron chi connectivity index (χ0n) is 24.4. The van der Waals surface area contributed by atoms with Gasteiger partial charge in [-0.15, -0.1) is 0 Å². The normalized spacial score (nSPS) is 22.1. The first-order valence-electron chi connectivity index (χ1n) is 15.3. The minimum atomic E-state index is -0.460. The third-order valence-electron chi connectivity index (χ3n) is 9.50. The average Bonchev–Trinajstić information content (AvgIpc) is 3.35. The molecular weight excluding hydrogens is 584 g/mol. The highest BCUT2D eigenvalue weighted by Crippen LogP contribution is 2.46. The molecule has 0 spiro atoms. The van der Waals surface area contributed by atoms with E-state index in [1.807, 2.05) is 13.0 Å². The molecule has 9 heteroatoms. The molecule has 3 aliphatic rings. The van der Waals surface area contributed by atoms with Gasteiger partial charge >= 0.3 is 0 Å². The standard InChI is InChI=1S/C34H34Cl2FN5O/c1-18-13-27(41(17-18)34(43)20-8-9-20)28-15-24-19(2)40-32-25(33(24)42(28)22-10-12-39-16-22)14-21(5-4-11-38)29(31(32)37)23-6-3-7-26(35)30(23)36/h3,6-7,14-15,18,20,22,27,39H,4-5,8-10,12-13,16-17H2,1-2H3. The van der Waals surface area contributed by atoms with E-state index in [0.717, 1.165) is 73.0 Å². The molecule has 2 aliphatic heterocycles. The second-order valence-corrected chi connectivity index (χ2v) is 13.3. The molecule has 0 bridgehead atoms. The van der Waals surface area contributed by atoms with Gasteiger partial charge in [-0.2, -0.15) is 5.26 Å². The smallest absolute Gasteiger partial charge is 0.226 e. The number of carbonyl (C=O) groups excluding carboxylic acids is 1. The molecule has 1 amide bonds. The molecule has 0 radical (unpaired) electrons. The van der Waals surface area contributed by atoms with Gasteiger partial charge in [0.1, 0.15) is 5.52 Å². The molecule has 3 atom stereocenters. The van der Waals surface area contributed by atoms with Crippen molar-refractivity contribution in [1.29, 1.82) is 5.26 Å². The van der Waals surface area contributed by atoms with Gasteiger partial charge in [-0.05, 0) is 75.3 Å². The number of aromatic nitrogens is 2. The number of benzene rings is 2. The number of nitrogens with zero attached hydrogens (tertiary/aromatic N) is 4. The average molecular weight is 619 g/mol. The van der Waals surface area contributed by atoms with Crippen LogP contribution in [0.2, 0.25) is 10.0 Å². The van der Waals surface area contributed by atoms with Gasteiger partial charge in [-0.3, -0.25) is 4.79 Å². The Morgan fingerprint density at radius 1 is 1.21 bits per heavy atom. The second-order valence-electron chi connectivity index (χ2n) is 12.5. The van der Waals surface area contributed by atoms with Crippen molar-refractivity contribution in [2.45, 2.75) is 64.5 Å². The first-order valence-corrected chi connectivity index (χ1v) is 16.0. The molecule has 1 aliphatic carbocycles. The summed E-state index contributed by atoms with van der Waals surface area (Å²) in [6.07, 6.45) is 4.39. The minimum Gasteiger partial charge on any atom is -0.338 e. The Labute approximate surface area is 260 Å². The van der Waals surface area contributed by atoms with Crippen molar-refractivity contribution >= 4 is 50.9 Å². The van der Waals surface area contributed by atoms with E-state index in [2.05, 4.69) is 33.8 Å². The Hall–Kier alpha value is -3.18. The number of fused-ring (bicyclic) bond motifs is 3. The highest BCUT2D eigenvalue weighted by Gasteiger charge is 2.43. The van der Waals surface area contributed by atoms with E-state index in [1.54, 1.807) is 18.2 Å². The Bertz CT molecular complexity index is 1820. The zero-order chi connectivity index (χ0) is 30.0. The summed E-state index contributed by atoms with van der Waals surface area (Å²) in [5, 5.41) is 15.3. The molecule has 3 unspecified atom stereocenters. The van der Waals surface area contributed by atoms with E-state index in [1.165, 1.54) is 0 Å². The summed E-state index contributed by atoms with van der Waals surface area (Å²) in [7, 11) is 0. The molecule has 222 valence electrons. The van der Waals surface area contributed by atoms with E-state index >= 15 is 4.39 Å². The Kier molecular flexibility index (Phi) is 7.36. The topological polar surface area (TPSA) is 74.0 Å². The Morgan fingerprint density at radius 2 is 2.02 bits per heavy atom. The maximum atomic E-state index is 16.9. The molecular formula is C34H34Cl2FN5O. The zero-order valence-corrected chi connectivity index (χ0v) is 25.9. The summed E-state index contributed by atoms with van der Waals surface area (Å²) in [5.41, 5.74) is 4.61. The number of likely N-dealkylation sites (tertiary alicyclic amines) is 1. The van der Waals surface area contributed by atoms with Crippen LogP contribution in [0.15, 0.2) is 30.3 Å². The van der Waals surface area contributed by atoms with Crippen LogP contribution < -0.4 is 5.32 Å². The first-order chi connectivity index (χ1) is 20.8. The molecule has 43 heavy (non-hydrogen) atoms. The van der Waals surface area contributed by atoms with Crippen LogP contribution in [0, 0.1) is 35.9 Å². The van der Waals surface area contributed by atoms with E-state index in [-0.39, 0.29) is 40.9 Å². The van der Waals surface area contributed by atoms with Gasteiger partial charge in [0, 0.05) is 64.8 Å². The van der Waals surface area contributed by atoms with Gasteiger partial charge < -0.3 is 14.8 Å². The quantitative estimate of drug-likeness (QED) is 0.238. The van der Waals surface area contributed by atoms with Crippen molar-refractivity contribution in [2.24, 2.45) is 11.8 Å². The van der Waals surface area contributed by atoms with E-state index in [4.69, 9.17) is 28.2 Å². The number of carbonyl (C=O) groups is 1. The lowest BCUT2D eigenvalue weighted by molar-refractivity contribution is -0.133. The highest BCUT2D eigenvalue weighted by atomic mass is 35.5. The van der Waals surface area contributed by atoms with Gasteiger partial charge in [0.05, 0.1) is 27.7 Å². The van der Waals surface area contributed by atoms with Gasteiger partial charge in [-0.25, -0.2) is 9.37 Å². The Morgan fingerprint density at radius 3 is 2.74 bits per heavy atom. The van der Waals surface area contributed by atoms with Crippen LogP contribution >= 0.6 is 23.2 Å². The minimum absolute atomic E-state index is 0.0296. The summed E-state index contributed by atoms with van der Waals surface area (Å²) in [5.74, 6) is 0.357. The summed E-state index contributed by atoms with van der Waals surface area (Å²) in [6, 6.07) is 11.8. The molecule has 1 saturated carbocycles. The molecule has 2 aromatic heterocycles. The predicted molar refractivity (Wildman–Crippen MR) is 169 cm³/mol. The van der Waals surface area contributed by atoms with Crippen LogP contribution in [-0.4, -0.2) is 40.0 Å². The second kappa shape index (κ2) is 11.1. The van der Waals surface area contributed by atoms with Gasteiger partial charge in [0.2, 0.25) is 5.91 Å². The summed E-state index contributed by atoms with van der Waals surface area (Å²) >= 11 is 13.0. The third kappa shape index (κ3) is 4.79. The SMILES string of the molecule is Cc1nc2c(F)c(-c3cccc(Cl)c3Cl)c(CCC#N)cc2c2c1cc(C1CC(C)CN1C(=O)C1CC1)n2C1CCNC1. The van der Waals surface area contributed by atoms with Crippen LogP contribution in [0.5, 0.6) is 0 Å². The lowest BCUT2D eigenvalue weighted by Gasteiger charge is -2.28. The fourth-order valence-corrected chi connectivity index (χ4v) is 7.72. The highest BCUT2D eigenvalue weighted by molar-refractivity contribution is 6.43. The molecule has 2 saturated heterocycles. The van der Waals surface area contributed by atoms with Crippen molar-refractivity contribution in [3.8, 4) is 17.2 Å². The van der Waals surface area contributed by atoms with Gasteiger partial charge in [-0.1, -0.05) is 42.3 Å². The van der Waals surface area contributed by atoms with Crippen LogP contribution in [0.4, 0.5) is 4.39 Å². The van der Waals surface area contributed by atoms with E-state index < -0.39 is 5.82 Å². The summed E-state index contributed by atoms with van der Waals surface area (Å²) < 4.78 is 19.3. The van der Waals surface area contributed by atoms with E-state index in [0.29, 0.717) is 34.1 Å². The molecule has 4 heterocycles. The van der Waals surface area contributed by atoms with Crippen molar-refractivity contribution in [2.75, 3.05) is 19.6 Å². The number of halogens is 3. The van der Waals surface area contributed by atoms with Crippen LogP contribution in [0.1, 0.15) is 68.1 Å². The lowest BCUT2D eigenvalue weighted by Crippen LogP contribution is -2.33. The molecule has 6 nitrogen and oxygen atoms in total. The predicted octanol–water partition coefficient (Wildman–Crippen LogP) is 7.92. The van der Waals surface area contributed by atoms with Crippen LogP contribution in [0.25, 0.3) is 32.9 Å². The number of nitrogens with one attached hydrogen (secondary N) is 1. The fourth-order valence-electron chi connectivity index (χ4n) is 7.33. The van der Waals surface area contributed by atoms with Crippen LogP contribution in [-0.2, 0) is 11.2 Å². The fraction of sp³-hybridized carbons (Fsp3) is 0.441. The van der Waals surface area contributed by atoms with Gasteiger partial charge in [0.15, 0.2) is 5.82 Å². The van der Waals surface area contributed by atoms with Crippen molar-refractivity contribution in [1.82, 2.24) is 19.8 Å².